The summed E-state index contributed by atoms with van der Waals surface area (Å²) in [6.45, 7) is 12.1. The maximum absolute atomic E-state index is 6.05. The highest BCUT2D eigenvalue weighted by atomic mass is 16.7. The second-order valence-electron chi connectivity index (χ2n) is 5.89. The average Bonchev–Trinajstić information content (AvgIpc) is 2.57. The van der Waals surface area contributed by atoms with Gasteiger partial charge in [-0.25, -0.2) is 0 Å². The summed E-state index contributed by atoms with van der Waals surface area (Å²) in [7, 11) is 1.58. The number of nitrogens with one attached hydrogen (secondary N) is 1. The Morgan fingerprint density at radius 3 is 2.21 bits per heavy atom. The van der Waals surface area contributed by atoms with Gasteiger partial charge in [-0.2, -0.15) is 0 Å². The second-order valence-corrected chi connectivity index (χ2v) is 5.89. The molecule has 0 aliphatic carbocycles. The summed E-state index contributed by atoms with van der Waals surface area (Å²) in [6, 6.07) is 6.11. The molecule has 0 radical (unpaired) electrons. The third-order valence-corrected chi connectivity index (χ3v) is 4.09. The van der Waals surface area contributed by atoms with E-state index in [1.54, 1.807) is 0 Å². The lowest BCUT2D eigenvalue weighted by atomic mass is 9.78. The van der Waals surface area contributed by atoms with Crippen LogP contribution in [0.1, 0.15) is 33.3 Å². The summed E-state index contributed by atoms with van der Waals surface area (Å²) in [4.78, 5) is 0. The van der Waals surface area contributed by atoms with E-state index in [2.05, 4.69) is 45.7 Å². The molecule has 1 saturated heterocycles. The minimum absolute atomic E-state index is 0.312. The van der Waals surface area contributed by atoms with Gasteiger partial charge in [0.2, 0.25) is 0 Å². The molecule has 1 fully saturated rings. The van der Waals surface area contributed by atoms with Crippen molar-refractivity contribution in [2.24, 2.45) is 0 Å². The zero-order chi connectivity index (χ0) is 14.3. The van der Waals surface area contributed by atoms with Crippen LogP contribution in [0.2, 0.25) is 0 Å². The van der Waals surface area contributed by atoms with Gasteiger partial charge in [0.05, 0.1) is 11.2 Å². The summed E-state index contributed by atoms with van der Waals surface area (Å²) in [5.41, 5.74) is 2.50. The Hall–Kier alpha value is -1.26. The highest BCUT2D eigenvalue weighted by Gasteiger charge is 2.51. The van der Waals surface area contributed by atoms with E-state index >= 15 is 0 Å². The van der Waals surface area contributed by atoms with Gasteiger partial charge in [0.1, 0.15) is 0 Å². The van der Waals surface area contributed by atoms with Crippen LogP contribution in [0.15, 0.2) is 24.8 Å². The molecule has 102 valence electrons. The molecule has 0 amide bonds. The first-order valence-electron chi connectivity index (χ1n) is 6.60. The zero-order valence-electron chi connectivity index (χ0n) is 12.4. The maximum Gasteiger partial charge on any atom is 0.494 e. The molecule has 1 aliphatic rings. The summed E-state index contributed by atoms with van der Waals surface area (Å²) in [6.07, 6.45) is 1.83. The fourth-order valence-corrected chi connectivity index (χ4v) is 2.10. The van der Waals surface area contributed by atoms with E-state index in [4.69, 9.17) is 9.31 Å². The minimum atomic E-state index is -0.324. The van der Waals surface area contributed by atoms with Gasteiger partial charge in [0.15, 0.2) is 0 Å². The highest BCUT2D eigenvalue weighted by molar-refractivity contribution is 6.62. The Bertz CT molecular complexity index is 481. The molecule has 1 N–H and O–H groups in total. The molecule has 2 rings (SSSR count). The van der Waals surface area contributed by atoms with Crippen molar-refractivity contribution in [1.82, 2.24) is 0 Å². The van der Waals surface area contributed by atoms with Gasteiger partial charge in [-0.3, -0.25) is 0 Å². The molecule has 0 aromatic heterocycles. The van der Waals surface area contributed by atoms with Crippen molar-refractivity contribution in [3.8, 4) is 0 Å². The molecule has 1 heterocycles. The summed E-state index contributed by atoms with van der Waals surface area (Å²) in [5.74, 6) is 0. The fourth-order valence-electron chi connectivity index (χ4n) is 2.10. The van der Waals surface area contributed by atoms with Crippen molar-refractivity contribution in [2.45, 2.75) is 38.9 Å². The predicted molar refractivity (Wildman–Crippen MR) is 81.8 cm³/mol. The summed E-state index contributed by atoms with van der Waals surface area (Å²) in [5, 5.41) is 3.14. The Balaban J connectivity index is 2.32. The third kappa shape index (κ3) is 2.43. The van der Waals surface area contributed by atoms with Gasteiger partial charge in [0, 0.05) is 12.7 Å². The first-order chi connectivity index (χ1) is 8.80. The van der Waals surface area contributed by atoms with E-state index in [1.165, 1.54) is 0 Å². The van der Waals surface area contributed by atoms with Gasteiger partial charge < -0.3 is 14.6 Å². The molecule has 19 heavy (non-hydrogen) atoms. The largest absolute Gasteiger partial charge is 0.494 e. The minimum Gasteiger partial charge on any atom is -0.399 e. The van der Waals surface area contributed by atoms with E-state index in [0.29, 0.717) is 0 Å². The molecule has 0 saturated carbocycles. The Kier molecular flexibility index (Phi) is 3.50. The van der Waals surface area contributed by atoms with Crippen LogP contribution in [-0.4, -0.2) is 25.4 Å². The van der Waals surface area contributed by atoms with Gasteiger partial charge in [-0.05, 0) is 44.8 Å². The number of rotatable bonds is 3. The number of hydrogen-bond acceptors (Lipinski definition) is 3. The van der Waals surface area contributed by atoms with Crippen LogP contribution in [-0.2, 0) is 9.31 Å². The fraction of sp³-hybridized carbons (Fsp3) is 0.467. The Labute approximate surface area is 116 Å². The van der Waals surface area contributed by atoms with Crippen molar-refractivity contribution in [3.63, 3.8) is 0 Å². The molecule has 4 heteroatoms. The lowest BCUT2D eigenvalue weighted by Gasteiger charge is -2.32. The number of anilines is 1. The quantitative estimate of drug-likeness (QED) is 0.846. The monoisotopic (exact) mass is 259 g/mol. The van der Waals surface area contributed by atoms with Gasteiger partial charge >= 0.3 is 7.12 Å². The van der Waals surface area contributed by atoms with Crippen LogP contribution >= 0.6 is 0 Å². The van der Waals surface area contributed by atoms with E-state index in [0.717, 1.165) is 16.7 Å². The van der Waals surface area contributed by atoms with Gasteiger partial charge in [-0.1, -0.05) is 24.8 Å². The van der Waals surface area contributed by atoms with Gasteiger partial charge in [-0.15, -0.1) is 0 Å². The zero-order valence-corrected chi connectivity index (χ0v) is 12.4. The van der Waals surface area contributed by atoms with Gasteiger partial charge in [0.25, 0.3) is 0 Å². The van der Waals surface area contributed by atoms with Crippen LogP contribution in [0, 0.1) is 0 Å². The van der Waals surface area contributed by atoms with Crippen LogP contribution in [0.25, 0.3) is 6.08 Å². The summed E-state index contributed by atoms with van der Waals surface area (Å²) < 4.78 is 12.1. The molecule has 1 aliphatic heterocycles. The molecule has 3 nitrogen and oxygen atoms in total. The Morgan fingerprint density at radius 1 is 1.16 bits per heavy atom. The lowest BCUT2D eigenvalue weighted by molar-refractivity contribution is 0.00578. The number of hydrogen-bond donors (Lipinski definition) is 1. The highest BCUT2D eigenvalue weighted by Crippen LogP contribution is 2.36. The van der Waals surface area contributed by atoms with E-state index in [-0.39, 0.29) is 18.3 Å². The van der Waals surface area contributed by atoms with E-state index < -0.39 is 0 Å². The first kappa shape index (κ1) is 14.2. The Morgan fingerprint density at radius 2 is 1.74 bits per heavy atom. The molecule has 0 atom stereocenters. The lowest BCUT2D eigenvalue weighted by Crippen LogP contribution is -2.41. The van der Waals surface area contributed by atoms with Crippen LogP contribution < -0.4 is 10.8 Å². The normalized spacial score (nSPS) is 20.4. The molecule has 1 aromatic rings. The molecular weight excluding hydrogens is 237 g/mol. The standard InChI is InChI=1S/C15H22BNO2/c1-7-11-10-12(8-9-13(11)17-6)16-18-14(2,3)15(4,5)19-16/h7-10,17H,1H2,2-6H3. The SMILES string of the molecule is C=Cc1cc(B2OC(C)(C)C(C)(C)O2)ccc1NC. The molecule has 1 aromatic carbocycles. The van der Waals surface area contributed by atoms with Crippen molar-refractivity contribution < 1.29 is 9.31 Å². The van der Waals surface area contributed by atoms with E-state index in [1.807, 2.05) is 25.3 Å². The number of benzene rings is 1. The van der Waals surface area contributed by atoms with Crippen LogP contribution in [0.4, 0.5) is 5.69 Å². The summed E-state index contributed by atoms with van der Waals surface area (Å²) >= 11 is 0. The van der Waals surface area contributed by atoms with Crippen molar-refractivity contribution in [2.75, 3.05) is 12.4 Å². The molecule has 0 bridgehead atoms. The molecule has 0 unspecified atom stereocenters. The van der Waals surface area contributed by atoms with Crippen LogP contribution in [0.5, 0.6) is 0 Å². The topological polar surface area (TPSA) is 30.5 Å². The molecular formula is C15H22BNO2. The van der Waals surface area contributed by atoms with Crippen molar-refractivity contribution >= 4 is 24.3 Å². The van der Waals surface area contributed by atoms with Crippen LogP contribution in [0.3, 0.4) is 0 Å². The van der Waals surface area contributed by atoms with Crippen molar-refractivity contribution in [3.05, 3.63) is 30.3 Å². The second kappa shape index (κ2) is 4.69. The first-order valence-corrected chi connectivity index (χ1v) is 6.60. The molecule has 0 spiro atoms. The van der Waals surface area contributed by atoms with E-state index in [9.17, 15) is 0 Å². The van der Waals surface area contributed by atoms with Crippen molar-refractivity contribution in [1.29, 1.82) is 0 Å². The average molecular weight is 259 g/mol. The smallest absolute Gasteiger partial charge is 0.399 e. The maximum atomic E-state index is 6.05. The predicted octanol–water partition coefficient (Wildman–Crippen LogP) is 2.67. The third-order valence-electron chi connectivity index (χ3n) is 4.09.